The Kier molecular flexibility index (Phi) is 5.58. The second-order valence-corrected chi connectivity index (χ2v) is 9.45. The molecule has 0 aliphatic carbocycles. The van der Waals surface area contributed by atoms with Gasteiger partial charge in [-0.25, -0.2) is 17.2 Å². The van der Waals surface area contributed by atoms with Crippen molar-refractivity contribution in [2.24, 2.45) is 0 Å². The molecule has 11 heteroatoms. The lowest BCUT2D eigenvalue weighted by molar-refractivity contribution is 0.102. The molecule has 2 heterocycles. The number of anilines is 1. The summed E-state index contributed by atoms with van der Waals surface area (Å²) in [7, 11) is -4.08. The molecule has 1 atom stereocenters. The molecule has 0 bridgehead atoms. The van der Waals surface area contributed by atoms with Gasteiger partial charge in [0.15, 0.2) is 0 Å². The van der Waals surface area contributed by atoms with Crippen LogP contribution in [0, 0.1) is 11.6 Å². The van der Waals surface area contributed by atoms with E-state index in [1.165, 1.54) is 40.7 Å². The maximum atomic E-state index is 14.1. The van der Waals surface area contributed by atoms with Crippen LogP contribution >= 0.6 is 11.3 Å². The van der Waals surface area contributed by atoms with E-state index in [1.54, 1.807) is 6.07 Å². The maximum absolute atomic E-state index is 14.1. The fraction of sp³-hybridized carbons (Fsp3) is 0.211. The summed E-state index contributed by atoms with van der Waals surface area (Å²) in [4.78, 5) is 12.0. The zero-order chi connectivity index (χ0) is 21.3. The van der Waals surface area contributed by atoms with Crippen molar-refractivity contribution in [3.05, 3.63) is 70.2 Å². The van der Waals surface area contributed by atoms with E-state index in [2.05, 4.69) is 15.5 Å². The molecule has 1 saturated heterocycles. The van der Waals surface area contributed by atoms with Crippen molar-refractivity contribution in [2.45, 2.75) is 23.8 Å². The molecular weight excluding hydrogens is 434 g/mol. The molecule has 4 rings (SSSR count). The van der Waals surface area contributed by atoms with Crippen molar-refractivity contribution in [1.82, 2.24) is 14.5 Å². The number of hydrogen-bond acceptors (Lipinski definition) is 6. The first-order chi connectivity index (χ1) is 14.4. The Labute approximate surface area is 175 Å². The number of amides is 1. The number of carbonyl (C=O) groups is 1. The zero-order valence-corrected chi connectivity index (χ0v) is 17.1. The van der Waals surface area contributed by atoms with Crippen LogP contribution < -0.4 is 5.32 Å². The van der Waals surface area contributed by atoms with Gasteiger partial charge in [-0.3, -0.25) is 4.79 Å². The third-order valence-corrected chi connectivity index (χ3v) is 7.63. The van der Waals surface area contributed by atoms with Gasteiger partial charge in [-0.15, -0.1) is 10.2 Å². The summed E-state index contributed by atoms with van der Waals surface area (Å²) >= 11 is 0.926. The largest absolute Gasteiger partial charge is 0.317 e. The van der Waals surface area contributed by atoms with Crippen LogP contribution in [0.2, 0.25) is 0 Å². The van der Waals surface area contributed by atoms with Gasteiger partial charge in [0, 0.05) is 6.54 Å². The van der Waals surface area contributed by atoms with Crippen molar-refractivity contribution in [3.63, 3.8) is 0 Å². The van der Waals surface area contributed by atoms with Crippen molar-refractivity contribution < 1.29 is 22.0 Å². The van der Waals surface area contributed by atoms with Crippen LogP contribution in [-0.2, 0) is 10.0 Å². The maximum Gasteiger partial charge on any atom is 0.286 e. The Morgan fingerprint density at radius 3 is 2.50 bits per heavy atom. The van der Waals surface area contributed by atoms with E-state index < -0.39 is 38.5 Å². The number of hydrogen-bond donors (Lipinski definition) is 1. The smallest absolute Gasteiger partial charge is 0.286 e. The molecule has 30 heavy (non-hydrogen) atoms. The molecule has 1 fully saturated rings. The van der Waals surface area contributed by atoms with Crippen molar-refractivity contribution >= 4 is 33.0 Å². The second kappa shape index (κ2) is 8.17. The average Bonchev–Trinajstić information content (AvgIpc) is 3.39. The van der Waals surface area contributed by atoms with Gasteiger partial charge < -0.3 is 5.32 Å². The van der Waals surface area contributed by atoms with Gasteiger partial charge >= 0.3 is 0 Å². The van der Waals surface area contributed by atoms with Crippen LogP contribution in [0.15, 0.2) is 53.4 Å². The summed E-state index contributed by atoms with van der Waals surface area (Å²) in [6, 6.07) is 10.2. The van der Waals surface area contributed by atoms with Gasteiger partial charge in [0.05, 0.1) is 11.7 Å². The third kappa shape index (κ3) is 3.83. The van der Waals surface area contributed by atoms with Crippen LogP contribution in [0.4, 0.5) is 14.5 Å². The summed E-state index contributed by atoms with van der Waals surface area (Å²) < 4.78 is 55.0. The van der Waals surface area contributed by atoms with Gasteiger partial charge in [0.1, 0.15) is 21.5 Å². The zero-order valence-electron chi connectivity index (χ0n) is 15.5. The molecule has 1 aliphatic heterocycles. The van der Waals surface area contributed by atoms with Gasteiger partial charge in [-0.1, -0.05) is 35.6 Å². The van der Waals surface area contributed by atoms with E-state index >= 15 is 0 Å². The molecule has 0 radical (unpaired) electrons. The fourth-order valence-corrected chi connectivity index (χ4v) is 5.93. The lowest BCUT2D eigenvalue weighted by Gasteiger charge is -2.22. The minimum Gasteiger partial charge on any atom is -0.317 e. The molecule has 0 saturated carbocycles. The number of aromatic nitrogens is 2. The molecule has 156 valence electrons. The highest BCUT2D eigenvalue weighted by Gasteiger charge is 2.39. The van der Waals surface area contributed by atoms with E-state index in [9.17, 15) is 22.0 Å². The Balaban J connectivity index is 1.57. The molecule has 3 aromatic rings. The normalized spacial score (nSPS) is 17.2. The third-order valence-electron chi connectivity index (χ3n) is 4.67. The van der Waals surface area contributed by atoms with Crippen LogP contribution in [0.25, 0.3) is 0 Å². The highest BCUT2D eigenvalue weighted by atomic mass is 32.2. The first-order valence-electron chi connectivity index (χ1n) is 9.03. The second-order valence-electron chi connectivity index (χ2n) is 6.58. The molecule has 1 aliphatic rings. The summed E-state index contributed by atoms with van der Waals surface area (Å²) in [5, 5.41) is 10.5. The number of nitrogens with zero attached hydrogens (tertiary/aromatic N) is 3. The Hall–Kier alpha value is -2.76. The quantitative estimate of drug-likeness (QED) is 0.641. The highest BCUT2D eigenvalue weighted by Crippen LogP contribution is 2.38. The fourth-order valence-electron chi connectivity index (χ4n) is 3.25. The van der Waals surface area contributed by atoms with Crippen LogP contribution in [0.5, 0.6) is 0 Å². The molecule has 1 N–H and O–H groups in total. The monoisotopic (exact) mass is 450 g/mol. The minimum absolute atomic E-state index is 0.00359. The summed E-state index contributed by atoms with van der Waals surface area (Å²) in [5.41, 5.74) is 0.00359. The molecule has 1 aromatic heterocycles. The van der Waals surface area contributed by atoms with E-state index in [0.29, 0.717) is 17.8 Å². The molecule has 2 aromatic carbocycles. The van der Waals surface area contributed by atoms with E-state index in [-0.39, 0.29) is 17.2 Å². The lowest BCUT2D eigenvalue weighted by atomic mass is 10.2. The number of rotatable bonds is 5. The Bertz CT molecular complexity index is 1200. The Morgan fingerprint density at radius 2 is 1.77 bits per heavy atom. The number of halogens is 2. The highest BCUT2D eigenvalue weighted by molar-refractivity contribution is 7.89. The average molecular weight is 450 g/mol. The van der Waals surface area contributed by atoms with Crippen LogP contribution in [-0.4, -0.2) is 35.4 Å². The lowest BCUT2D eigenvalue weighted by Crippen LogP contribution is -2.31. The molecule has 0 unspecified atom stereocenters. The van der Waals surface area contributed by atoms with Gasteiger partial charge in [-0.2, -0.15) is 4.31 Å². The molecule has 0 spiro atoms. The summed E-state index contributed by atoms with van der Waals surface area (Å²) in [6.07, 6.45) is 1.03. The molecule has 1 amide bonds. The van der Waals surface area contributed by atoms with Crippen LogP contribution in [0.3, 0.4) is 0 Å². The van der Waals surface area contributed by atoms with Crippen molar-refractivity contribution in [3.8, 4) is 0 Å². The predicted octanol–water partition coefficient (Wildman–Crippen LogP) is 3.59. The number of sulfonamides is 1. The van der Waals surface area contributed by atoms with Gasteiger partial charge in [0.25, 0.3) is 5.91 Å². The summed E-state index contributed by atoms with van der Waals surface area (Å²) in [6.45, 7) is 0.206. The van der Waals surface area contributed by atoms with Gasteiger partial charge in [0.2, 0.25) is 15.0 Å². The SMILES string of the molecule is O=C(Nc1ccccc1F)c1nnc([C@H]2CCCN2S(=O)(=O)c2ccccc2F)s1. The molecular formula is C19H16F2N4O3S2. The Morgan fingerprint density at radius 1 is 1.07 bits per heavy atom. The number of nitrogens with one attached hydrogen (secondary N) is 1. The van der Waals surface area contributed by atoms with Crippen molar-refractivity contribution in [1.29, 1.82) is 0 Å². The van der Waals surface area contributed by atoms with E-state index in [0.717, 1.165) is 17.4 Å². The first kappa shape index (κ1) is 20.5. The topological polar surface area (TPSA) is 92.3 Å². The number of para-hydroxylation sites is 1. The van der Waals surface area contributed by atoms with E-state index in [1.807, 2.05) is 0 Å². The predicted molar refractivity (Wildman–Crippen MR) is 107 cm³/mol. The van der Waals surface area contributed by atoms with Crippen molar-refractivity contribution in [2.75, 3.05) is 11.9 Å². The van der Waals surface area contributed by atoms with Gasteiger partial charge in [-0.05, 0) is 37.1 Å². The van der Waals surface area contributed by atoms with E-state index in [4.69, 9.17) is 0 Å². The van der Waals surface area contributed by atoms with Crippen LogP contribution in [0.1, 0.15) is 33.7 Å². The number of benzene rings is 2. The molecule has 7 nitrogen and oxygen atoms in total. The minimum atomic E-state index is -4.08. The number of carbonyl (C=O) groups excluding carboxylic acids is 1. The summed E-state index contributed by atoms with van der Waals surface area (Å²) in [5.74, 6) is -2.07. The standard InChI is InChI=1S/C19H16F2N4O3S2/c20-12-6-1-3-8-14(12)22-17(26)19-24-23-18(29-19)15-9-5-11-25(15)30(27,28)16-10-4-2-7-13(16)21/h1-4,6-8,10,15H,5,9,11H2,(H,22,26)/t15-/m1/s1. The first-order valence-corrected chi connectivity index (χ1v) is 11.3.